The Balaban J connectivity index is 1.76. The molecule has 1 saturated carbocycles. The van der Waals surface area contributed by atoms with Crippen molar-refractivity contribution in [3.05, 3.63) is 0 Å². The fourth-order valence-corrected chi connectivity index (χ4v) is 3.77. The molecule has 4 heteroatoms. The number of ether oxygens (including phenoxy) is 1. The summed E-state index contributed by atoms with van der Waals surface area (Å²) in [6, 6.07) is 0.813. The van der Waals surface area contributed by atoms with Crippen LogP contribution in [0.2, 0.25) is 0 Å². The minimum atomic E-state index is -0.436. The van der Waals surface area contributed by atoms with Crippen LogP contribution >= 0.6 is 0 Å². The fraction of sp³-hybridized carbons (Fsp3) is 0.941. The van der Waals surface area contributed by atoms with E-state index in [1.165, 1.54) is 45.1 Å². The molecule has 0 aromatic heterocycles. The highest BCUT2D eigenvalue weighted by atomic mass is 16.5. The molecule has 0 spiro atoms. The summed E-state index contributed by atoms with van der Waals surface area (Å²) < 4.78 is 5.14. The normalized spacial score (nSPS) is 25.2. The van der Waals surface area contributed by atoms with Gasteiger partial charge in [-0.15, -0.1) is 0 Å². The number of hydrogen-bond acceptors (Lipinski definition) is 3. The van der Waals surface area contributed by atoms with E-state index in [1.807, 2.05) is 13.8 Å². The summed E-state index contributed by atoms with van der Waals surface area (Å²) in [5.41, 5.74) is -0.436. The minimum absolute atomic E-state index is 0.113. The van der Waals surface area contributed by atoms with Crippen LogP contribution < -0.4 is 5.32 Å². The molecule has 0 aromatic rings. The molecule has 1 amide bonds. The monoisotopic (exact) mass is 296 g/mol. The summed E-state index contributed by atoms with van der Waals surface area (Å²) in [5.74, 6) is 0.726. The fourth-order valence-electron chi connectivity index (χ4n) is 3.77. The third-order valence-electron chi connectivity index (χ3n) is 5.06. The van der Waals surface area contributed by atoms with E-state index in [-0.39, 0.29) is 5.91 Å². The first-order valence-electron chi connectivity index (χ1n) is 8.54. The van der Waals surface area contributed by atoms with Crippen LogP contribution in [0.25, 0.3) is 0 Å². The highest BCUT2D eigenvalue weighted by Crippen LogP contribution is 2.27. The van der Waals surface area contributed by atoms with Crippen molar-refractivity contribution in [2.45, 2.75) is 58.4 Å². The van der Waals surface area contributed by atoms with Gasteiger partial charge in [0.25, 0.3) is 0 Å². The van der Waals surface area contributed by atoms with Gasteiger partial charge in [0.15, 0.2) is 0 Å². The maximum atomic E-state index is 12.2. The van der Waals surface area contributed by atoms with Gasteiger partial charge in [0.1, 0.15) is 0 Å². The van der Waals surface area contributed by atoms with Gasteiger partial charge in [-0.05, 0) is 52.0 Å². The molecule has 2 aliphatic rings. The van der Waals surface area contributed by atoms with Crippen LogP contribution in [-0.2, 0) is 9.53 Å². The zero-order valence-corrected chi connectivity index (χ0v) is 14.0. The molecule has 0 aromatic carbocycles. The second kappa shape index (κ2) is 7.59. The lowest BCUT2D eigenvalue weighted by Gasteiger charge is -2.37. The van der Waals surface area contributed by atoms with Crippen molar-refractivity contribution in [2.24, 2.45) is 11.3 Å². The number of hydrogen-bond donors (Lipinski definition) is 1. The van der Waals surface area contributed by atoms with Crippen molar-refractivity contribution < 1.29 is 9.53 Å². The highest BCUT2D eigenvalue weighted by molar-refractivity contribution is 5.81. The molecule has 122 valence electrons. The summed E-state index contributed by atoms with van der Waals surface area (Å²) in [6.07, 6.45) is 8.06. The topological polar surface area (TPSA) is 41.6 Å². The lowest BCUT2D eigenvalue weighted by atomic mass is 9.92. The molecule has 1 unspecified atom stereocenters. The van der Waals surface area contributed by atoms with E-state index >= 15 is 0 Å². The average Bonchev–Trinajstić information content (AvgIpc) is 2.99. The molecule has 4 nitrogen and oxygen atoms in total. The molecule has 1 aliphatic heterocycles. The Bertz CT molecular complexity index is 338. The SMILES string of the molecule is COCC(C)(C)C(=O)NCC1CCCN(C2CCCC2)C1. The highest BCUT2D eigenvalue weighted by Gasteiger charge is 2.30. The number of nitrogens with zero attached hydrogens (tertiary/aromatic N) is 1. The van der Waals surface area contributed by atoms with Crippen LogP contribution in [0.4, 0.5) is 0 Å². The van der Waals surface area contributed by atoms with Gasteiger partial charge in [-0.3, -0.25) is 4.79 Å². The van der Waals surface area contributed by atoms with Crippen molar-refractivity contribution in [2.75, 3.05) is 33.4 Å². The van der Waals surface area contributed by atoms with Gasteiger partial charge in [-0.2, -0.15) is 0 Å². The quantitative estimate of drug-likeness (QED) is 0.818. The van der Waals surface area contributed by atoms with Crippen LogP contribution in [0.3, 0.4) is 0 Å². The number of piperidine rings is 1. The number of carbonyl (C=O) groups excluding carboxylic acids is 1. The van der Waals surface area contributed by atoms with Crippen LogP contribution in [0, 0.1) is 11.3 Å². The Labute approximate surface area is 129 Å². The second-order valence-corrected chi connectivity index (χ2v) is 7.47. The maximum absolute atomic E-state index is 12.2. The predicted molar refractivity (Wildman–Crippen MR) is 85.2 cm³/mol. The molecule has 1 atom stereocenters. The number of amides is 1. The van der Waals surface area contributed by atoms with Crippen LogP contribution in [0.15, 0.2) is 0 Å². The minimum Gasteiger partial charge on any atom is -0.384 e. The number of carbonyl (C=O) groups is 1. The van der Waals surface area contributed by atoms with Gasteiger partial charge >= 0.3 is 0 Å². The van der Waals surface area contributed by atoms with E-state index in [9.17, 15) is 4.79 Å². The molecule has 2 fully saturated rings. The smallest absolute Gasteiger partial charge is 0.227 e. The summed E-state index contributed by atoms with van der Waals surface area (Å²) >= 11 is 0. The third-order valence-corrected chi connectivity index (χ3v) is 5.06. The van der Waals surface area contributed by atoms with Gasteiger partial charge in [0, 0.05) is 26.2 Å². The molecule has 21 heavy (non-hydrogen) atoms. The first kappa shape index (κ1) is 16.8. The molecule has 0 radical (unpaired) electrons. The summed E-state index contributed by atoms with van der Waals surface area (Å²) in [6.45, 7) is 7.59. The van der Waals surface area contributed by atoms with Crippen LogP contribution in [-0.4, -0.2) is 50.2 Å². The number of nitrogens with one attached hydrogen (secondary N) is 1. The first-order valence-corrected chi connectivity index (χ1v) is 8.54. The van der Waals surface area contributed by atoms with Gasteiger partial charge in [-0.25, -0.2) is 0 Å². The van der Waals surface area contributed by atoms with Crippen molar-refractivity contribution in [1.82, 2.24) is 10.2 Å². The second-order valence-electron chi connectivity index (χ2n) is 7.47. The molecular formula is C17H32N2O2. The van der Waals surface area contributed by atoms with Crippen molar-refractivity contribution in [3.63, 3.8) is 0 Å². The zero-order chi connectivity index (χ0) is 15.3. The van der Waals surface area contributed by atoms with Gasteiger partial charge in [-0.1, -0.05) is 12.8 Å². The Kier molecular flexibility index (Phi) is 6.06. The number of likely N-dealkylation sites (tertiary alicyclic amines) is 1. The molecule has 2 rings (SSSR count). The largest absolute Gasteiger partial charge is 0.384 e. The molecule has 1 heterocycles. The molecular weight excluding hydrogens is 264 g/mol. The summed E-state index contributed by atoms with van der Waals surface area (Å²) in [7, 11) is 1.65. The van der Waals surface area contributed by atoms with Crippen LogP contribution in [0.1, 0.15) is 52.4 Å². The Hall–Kier alpha value is -0.610. The number of rotatable bonds is 6. The Morgan fingerprint density at radius 3 is 2.62 bits per heavy atom. The molecule has 1 aliphatic carbocycles. The van der Waals surface area contributed by atoms with Crippen molar-refractivity contribution in [3.8, 4) is 0 Å². The van der Waals surface area contributed by atoms with E-state index < -0.39 is 5.41 Å². The lowest BCUT2D eigenvalue weighted by molar-refractivity contribution is -0.132. The molecule has 0 bridgehead atoms. The van der Waals surface area contributed by atoms with E-state index in [4.69, 9.17) is 4.74 Å². The van der Waals surface area contributed by atoms with E-state index in [0.717, 1.165) is 19.1 Å². The molecule has 1 N–H and O–H groups in total. The van der Waals surface area contributed by atoms with E-state index in [1.54, 1.807) is 7.11 Å². The lowest BCUT2D eigenvalue weighted by Crippen LogP contribution is -2.47. The van der Waals surface area contributed by atoms with Crippen molar-refractivity contribution in [1.29, 1.82) is 0 Å². The average molecular weight is 296 g/mol. The third kappa shape index (κ3) is 4.68. The van der Waals surface area contributed by atoms with Crippen molar-refractivity contribution >= 4 is 5.91 Å². The van der Waals surface area contributed by atoms with Gasteiger partial charge in [0.05, 0.1) is 12.0 Å². The van der Waals surface area contributed by atoms with E-state index in [0.29, 0.717) is 12.5 Å². The maximum Gasteiger partial charge on any atom is 0.227 e. The number of methoxy groups -OCH3 is 1. The van der Waals surface area contributed by atoms with Crippen LogP contribution in [0.5, 0.6) is 0 Å². The first-order chi connectivity index (χ1) is 10.0. The zero-order valence-electron chi connectivity index (χ0n) is 14.0. The molecule has 1 saturated heterocycles. The van der Waals surface area contributed by atoms with Gasteiger partial charge in [0.2, 0.25) is 5.91 Å². The standard InChI is InChI=1S/C17H32N2O2/c1-17(2,13-21-3)16(20)18-11-14-7-6-10-19(12-14)15-8-4-5-9-15/h14-15H,4-13H2,1-3H3,(H,18,20). The Morgan fingerprint density at radius 2 is 1.95 bits per heavy atom. The predicted octanol–water partition coefficient (Wildman–Crippen LogP) is 2.43. The summed E-state index contributed by atoms with van der Waals surface area (Å²) in [5, 5.41) is 3.14. The van der Waals surface area contributed by atoms with Gasteiger partial charge < -0.3 is 15.0 Å². The summed E-state index contributed by atoms with van der Waals surface area (Å²) in [4.78, 5) is 14.9. The Morgan fingerprint density at radius 1 is 1.24 bits per heavy atom. The van der Waals surface area contributed by atoms with E-state index in [2.05, 4.69) is 10.2 Å².